The number of benzene rings is 1. The Hall–Kier alpha value is -1.35. The van der Waals surface area contributed by atoms with Gasteiger partial charge in [0.1, 0.15) is 0 Å². The first-order valence-corrected chi connectivity index (χ1v) is 7.38. The molecule has 0 bridgehead atoms. The van der Waals surface area contributed by atoms with Crippen molar-refractivity contribution >= 4 is 5.91 Å². The molecule has 1 amide bonds. The minimum Gasteiger partial charge on any atom is -0.353 e. The summed E-state index contributed by atoms with van der Waals surface area (Å²) in [5, 5.41) is 3.12. The molecule has 0 spiro atoms. The van der Waals surface area contributed by atoms with Crippen LogP contribution in [0.4, 0.5) is 0 Å². The number of hydrogen-bond donors (Lipinski definition) is 2. The Balaban J connectivity index is 2.50. The van der Waals surface area contributed by atoms with Gasteiger partial charge in [-0.05, 0) is 37.3 Å². The van der Waals surface area contributed by atoms with Crippen molar-refractivity contribution in [1.82, 2.24) is 5.32 Å². The Morgan fingerprint density at radius 1 is 1.35 bits per heavy atom. The first-order valence-electron chi connectivity index (χ1n) is 7.38. The van der Waals surface area contributed by atoms with Gasteiger partial charge in [-0.25, -0.2) is 0 Å². The van der Waals surface area contributed by atoms with Crippen molar-refractivity contribution in [2.24, 2.45) is 11.1 Å². The van der Waals surface area contributed by atoms with Crippen LogP contribution >= 0.6 is 0 Å². The number of aryl methyl sites for hydroxylation is 2. The molecule has 1 unspecified atom stereocenters. The molecule has 3 heteroatoms. The molecule has 0 saturated heterocycles. The van der Waals surface area contributed by atoms with Crippen molar-refractivity contribution in [3.63, 3.8) is 0 Å². The van der Waals surface area contributed by atoms with Gasteiger partial charge in [-0.1, -0.05) is 50.6 Å². The van der Waals surface area contributed by atoms with Crippen LogP contribution in [0.2, 0.25) is 0 Å². The molecule has 0 saturated carbocycles. The topological polar surface area (TPSA) is 55.1 Å². The molecular weight excluding hydrogens is 248 g/mol. The number of carbonyl (C=O) groups excluding carboxylic acids is 1. The summed E-state index contributed by atoms with van der Waals surface area (Å²) < 4.78 is 0. The van der Waals surface area contributed by atoms with E-state index in [4.69, 9.17) is 5.73 Å². The van der Waals surface area contributed by atoms with Crippen LogP contribution in [0.3, 0.4) is 0 Å². The second kappa shape index (κ2) is 7.44. The van der Waals surface area contributed by atoms with Crippen molar-refractivity contribution in [1.29, 1.82) is 0 Å². The standard InChI is InChI=1S/C17H28N2O/c1-13-6-5-7-14(12-13)8-9-16(20)19-15(10-11-18)17(2,3)4/h5-7,12,15H,8-11,18H2,1-4H3,(H,19,20). The predicted molar refractivity (Wildman–Crippen MR) is 84.6 cm³/mol. The molecule has 1 atom stereocenters. The Labute approximate surface area is 122 Å². The number of nitrogens with one attached hydrogen (secondary N) is 1. The Bertz CT molecular complexity index is 435. The van der Waals surface area contributed by atoms with Crippen LogP contribution in [0.1, 0.15) is 44.7 Å². The van der Waals surface area contributed by atoms with Gasteiger partial charge in [0.15, 0.2) is 0 Å². The van der Waals surface area contributed by atoms with Crippen molar-refractivity contribution in [3.8, 4) is 0 Å². The van der Waals surface area contributed by atoms with Gasteiger partial charge in [-0.2, -0.15) is 0 Å². The summed E-state index contributed by atoms with van der Waals surface area (Å²) >= 11 is 0. The molecule has 0 heterocycles. The van der Waals surface area contributed by atoms with E-state index in [1.165, 1.54) is 11.1 Å². The summed E-state index contributed by atoms with van der Waals surface area (Å²) in [5.41, 5.74) is 8.12. The quantitative estimate of drug-likeness (QED) is 0.839. The maximum Gasteiger partial charge on any atom is 0.220 e. The molecule has 0 aliphatic rings. The molecule has 0 fully saturated rings. The van der Waals surface area contributed by atoms with E-state index in [0.717, 1.165) is 12.8 Å². The normalized spacial score (nSPS) is 13.1. The van der Waals surface area contributed by atoms with Gasteiger partial charge in [-0.3, -0.25) is 4.79 Å². The number of nitrogens with two attached hydrogens (primary N) is 1. The fraction of sp³-hybridized carbons (Fsp3) is 0.588. The van der Waals surface area contributed by atoms with Gasteiger partial charge < -0.3 is 11.1 Å². The van der Waals surface area contributed by atoms with Gasteiger partial charge in [0.2, 0.25) is 5.91 Å². The summed E-state index contributed by atoms with van der Waals surface area (Å²) in [6.07, 6.45) is 2.13. The van der Waals surface area contributed by atoms with E-state index in [0.29, 0.717) is 13.0 Å². The molecule has 1 rings (SSSR count). The summed E-state index contributed by atoms with van der Waals surface area (Å²) in [6, 6.07) is 8.45. The Morgan fingerprint density at radius 2 is 2.05 bits per heavy atom. The molecule has 0 aliphatic heterocycles. The molecule has 3 nitrogen and oxygen atoms in total. The number of amides is 1. The first-order chi connectivity index (χ1) is 9.32. The lowest BCUT2D eigenvalue weighted by Gasteiger charge is -2.31. The Morgan fingerprint density at radius 3 is 2.60 bits per heavy atom. The van der Waals surface area contributed by atoms with Crippen LogP contribution in [0.25, 0.3) is 0 Å². The van der Waals surface area contributed by atoms with Crippen LogP contribution in [-0.2, 0) is 11.2 Å². The summed E-state index contributed by atoms with van der Waals surface area (Å²) in [4.78, 5) is 12.1. The highest BCUT2D eigenvalue weighted by atomic mass is 16.1. The van der Waals surface area contributed by atoms with Crippen molar-refractivity contribution < 1.29 is 4.79 Å². The van der Waals surface area contributed by atoms with E-state index in [-0.39, 0.29) is 17.4 Å². The molecule has 112 valence electrons. The van der Waals surface area contributed by atoms with Gasteiger partial charge in [0.25, 0.3) is 0 Å². The minimum absolute atomic E-state index is 0.0400. The zero-order valence-electron chi connectivity index (χ0n) is 13.2. The summed E-state index contributed by atoms with van der Waals surface area (Å²) in [7, 11) is 0. The van der Waals surface area contributed by atoms with Crippen molar-refractivity contribution in [2.45, 2.75) is 53.0 Å². The SMILES string of the molecule is Cc1cccc(CCC(=O)NC(CCN)C(C)(C)C)c1. The average molecular weight is 276 g/mol. The molecular formula is C17H28N2O. The lowest BCUT2D eigenvalue weighted by atomic mass is 9.84. The predicted octanol–water partition coefficient (Wildman–Crippen LogP) is 2.81. The molecule has 3 N–H and O–H groups in total. The molecule has 1 aromatic rings. The van der Waals surface area contributed by atoms with Crippen LogP contribution in [0.15, 0.2) is 24.3 Å². The van der Waals surface area contributed by atoms with Crippen LogP contribution in [0, 0.1) is 12.3 Å². The monoisotopic (exact) mass is 276 g/mol. The molecule has 0 aliphatic carbocycles. The van der Waals surface area contributed by atoms with E-state index in [9.17, 15) is 4.79 Å². The van der Waals surface area contributed by atoms with E-state index >= 15 is 0 Å². The lowest BCUT2D eigenvalue weighted by Crippen LogP contribution is -2.44. The molecule has 0 radical (unpaired) electrons. The van der Waals surface area contributed by atoms with Gasteiger partial charge in [-0.15, -0.1) is 0 Å². The third-order valence-corrected chi connectivity index (χ3v) is 3.56. The van der Waals surface area contributed by atoms with Crippen LogP contribution < -0.4 is 11.1 Å². The highest BCUT2D eigenvalue weighted by Gasteiger charge is 2.25. The number of hydrogen-bond acceptors (Lipinski definition) is 2. The third kappa shape index (κ3) is 5.74. The van der Waals surface area contributed by atoms with Gasteiger partial charge in [0, 0.05) is 12.5 Å². The maximum absolute atomic E-state index is 12.1. The largest absolute Gasteiger partial charge is 0.353 e. The van der Waals surface area contributed by atoms with Crippen LogP contribution in [-0.4, -0.2) is 18.5 Å². The van der Waals surface area contributed by atoms with Crippen molar-refractivity contribution in [3.05, 3.63) is 35.4 Å². The van der Waals surface area contributed by atoms with E-state index in [2.05, 4.69) is 51.2 Å². The smallest absolute Gasteiger partial charge is 0.220 e. The van der Waals surface area contributed by atoms with Crippen molar-refractivity contribution in [2.75, 3.05) is 6.54 Å². The highest BCUT2D eigenvalue weighted by Crippen LogP contribution is 2.21. The second-order valence-corrected chi connectivity index (χ2v) is 6.55. The van der Waals surface area contributed by atoms with E-state index < -0.39 is 0 Å². The van der Waals surface area contributed by atoms with Crippen LogP contribution in [0.5, 0.6) is 0 Å². The molecule has 1 aromatic carbocycles. The second-order valence-electron chi connectivity index (χ2n) is 6.55. The van der Waals surface area contributed by atoms with Gasteiger partial charge in [0.05, 0.1) is 0 Å². The number of carbonyl (C=O) groups is 1. The third-order valence-electron chi connectivity index (χ3n) is 3.56. The van der Waals surface area contributed by atoms with Gasteiger partial charge >= 0.3 is 0 Å². The average Bonchev–Trinajstić information content (AvgIpc) is 2.35. The zero-order valence-corrected chi connectivity index (χ0v) is 13.2. The highest BCUT2D eigenvalue weighted by molar-refractivity contribution is 5.76. The zero-order chi connectivity index (χ0) is 15.2. The summed E-state index contributed by atoms with van der Waals surface area (Å²) in [6.45, 7) is 9.07. The maximum atomic E-state index is 12.1. The minimum atomic E-state index is 0.0400. The fourth-order valence-corrected chi connectivity index (χ4v) is 2.28. The lowest BCUT2D eigenvalue weighted by molar-refractivity contribution is -0.122. The Kier molecular flexibility index (Phi) is 6.21. The summed E-state index contributed by atoms with van der Waals surface area (Å²) in [5.74, 6) is 0.111. The fourth-order valence-electron chi connectivity index (χ4n) is 2.28. The van der Waals surface area contributed by atoms with E-state index in [1.807, 2.05) is 6.07 Å². The van der Waals surface area contributed by atoms with E-state index in [1.54, 1.807) is 0 Å². The molecule has 0 aromatic heterocycles. The molecule has 20 heavy (non-hydrogen) atoms. The first kappa shape index (κ1) is 16.7. The number of rotatable bonds is 6.